The number of thiocarbonyl (C=S) groups is 1. The molecule has 1 aromatic rings. The Labute approximate surface area is 94.3 Å². The van der Waals surface area contributed by atoms with Crippen molar-refractivity contribution in [3.8, 4) is 5.75 Å². The summed E-state index contributed by atoms with van der Waals surface area (Å²) < 4.78 is 4.87. The van der Waals surface area contributed by atoms with Crippen molar-refractivity contribution in [2.45, 2.75) is 0 Å². The lowest BCUT2D eigenvalue weighted by Crippen LogP contribution is -2.31. The predicted molar refractivity (Wildman–Crippen MR) is 64.2 cm³/mol. The van der Waals surface area contributed by atoms with Crippen molar-refractivity contribution in [1.82, 2.24) is 5.32 Å². The highest BCUT2D eigenvalue weighted by atomic mass is 32.1. The van der Waals surface area contributed by atoms with Crippen molar-refractivity contribution < 1.29 is 9.84 Å². The lowest BCUT2D eigenvalue weighted by Gasteiger charge is -2.10. The van der Waals surface area contributed by atoms with Gasteiger partial charge in [-0.1, -0.05) is 12.1 Å². The molecule has 0 radical (unpaired) electrons. The highest BCUT2D eigenvalue weighted by Gasteiger charge is 2.00. The van der Waals surface area contributed by atoms with Gasteiger partial charge in [0.25, 0.3) is 0 Å². The van der Waals surface area contributed by atoms with Crippen LogP contribution in [0, 0.1) is 0 Å². The number of phenolic OH excluding ortho intramolecular Hbond substituents is 1. The van der Waals surface area contributed by atoms with Gasteiger partial charge in [-0.15, -0.1) is 0 Å². The first-order valence-corrected chi connectivity index (χ1v) is 4.96. The molecule has 0 aliphatic heterocycles. The van der Waals surface area contributed by atoms with Crippen molar-refractivity contribution in [1.29, 1.82) is 0 Å². The molecule has 0 bridgehead atoms. The first kappa shape index (κ1) is 11.7. The first-order valence-electron chi connectivity index (χ1n) is 4.56. The topological polar surface area (TPSA) is 53.5 Å². The van der Waals surface area contributed by atoms with Crippen molar-refractivity contribution in [3.05, 3.63) is 24.3 Å². The molecule has 0 aliphatic rings. The fourth-order valence-corrected chi connectivity index (χ4v) is 1.22. The van der Waals surface area contributed by atoms with E-state index in [4.69, 9.17) is 17.0 Å². The molecular weight excluding hydrogens is 212 g/mol. The highest BCUT2D eigenvalue weighted by Crippen LogP contribution is 2.20. The number of aromatic hydroxyl groups is 1. The van der Waals surface area contributed by atoms with Crippen LogP contribution in [0.3, 0.4) is 0 Å². The Bertz CT molecular complexity index is 331. The van der Waals surface area contributed by atoms with Crippen molar-refractivity contribution in [3.63, 3.8) is 0 Å². The van der Waals surface area contributed by atoms with E-state index in [0.717, 1.165) is 0 Å². The van der Waals surface area contributed by atoms with Gasteiger partial charge in [0.15, 0.2) is 5.11 Å². The minimum atomic E-state index is 0.174. The van der Waals surface area contributed by atoms with Crippen LogP contribution in [0.25, 0.3) is 0 Å². The molecular formula is C10H14N2O2S. The molecule has 0 atom stereocenters. The van der Waals surface area contributed by atoms with Crippen LogP contribution in [0.4, 0.5) is 5.69 Å². The van der Waals surface area contributed by atoms with Gasteiger partial charge in [0, 0.05) is 13.7 Å². The summed E-state index contributed by atoms with van der Waals surface area (Å²) >= 11 is 5.02. The summed E-state index contributed by atoms with van der Waals surface area (Å²) in [4.78, 5) is 0. The number of methoxy groups -OCH3 is 1. The SMILES string of the molecule is COCCNC(=S)Nc1ccccc1O. The third-order valence-electron chi connectivity index (χ3n) is 1.74. The Balaban J connectivity index is 2.41. The van der Waals surface area contributed by atoms with Crippen molar-refractivity contribution in [2.75, 3.05) is 25.6 Å². The van der Waals surface area contributed by atoms with E-state index in [2.05, 4.69) is 10.6 Å². The average molecular weight is 226 g/mol. The standard InChI is InChI=1S/C10H14N2O2S/c1-14-7-6-11-10(15)12-8-4-2-3-5-9(8)13/h2-5,13H,6-7H2,1H3,(H2,11,12,15). The van der Waals surface area contributed by atoms with E-state index in [9.17, 15) is 5.11 Å². The average Bonchev–Trinajstić information content (AvgIpc) is 2.22. The number of anilines is 1. The zero-order valence-electron chi connectivity index (χ0n) is 8.49. The molecule has 3 N–H and O–H groups in total. The Morgan fingerprint density at radius 3 is 2.87 bits per heavy atom. The molecule has 5 heteroatoms. The summed E-state index contributed by atoms with van der Waals surface area (Å²) in [5, 5.41) is 15.7. The predicted octanol–water partition coefficient (Wildman–Crippen LogP) is 1.32. The van der Waals surface area contributed by atoms with Gasteiger partial charge < -0.3 is 20.5 Å². The molecule has 1 aromatic carbocycles. The molecule has 4 nitrogen and oxygen atoms in total. The van der Waals surface area contributed by atoms with Crippen LogP contribution in [0.5, 0.6) is 5.75 Å². The number of hydrogen-bond donors (Lipinski definition) is 3. The van der Waals surface area contributed by atoms with Crippen molar-refractivity contribution >= 4 is 23.0 Å². The van der Waals surface area contributed by atoms with Crippen LogP contribution >= 0.6 is 12.2 Å². The van der Waals surface area contributed by atoms with Crippen LogP contribution in [-0.2, 0) is 4.74 Å². The summed E-state index contributed by atoms with van der Waals surface area (Å²) in [6.07, 6.45) is 0. The molecule has 1 rings (SSSR count). The molecule has 0 spiro atoms. The Morgan fingerprint density at radius 2 is 2.20 bits per heavy atom. The summed E-state index contributed by atoms with van der Waals surface area (Å²) in [5.74, 6) is 0.174. The summed E-state index contributed by atoms with van der Waals surface area (Å²) in [5.41, 5.74) is 0.590. The number of phenols is 1. The molecule has 0 aliphatic carbocycles. The van der Waals surface area contributed by atoms with Gasteiger partial charge in [-0.25, -0.2) is 0 Å². The molecule has 0 saturated carbocycles. The Kier molecular flexibility index (Phi) is 4.86. The maximum Gasteiger partial charge on any atom is 0.170 e. The second-order valence-electron chi connectivity index (χ2n) is 2.89. The Morgan fingerprint density at radius 1 is 1.47 bits per heavy atom. The molecule has 0 amide bonds. The van der Waals surface area contributed by atoms with E-state index in [1.54, 1.807) is 25.3 Å². The summed E-state index contributed by atoms with van der Waals surface area (Å²) in [6.45, 7) is 1.22. The van der Waals surface area contributed by atoms with Gasteiger partial charge in [0.1, 0.15) is 5.75 Å². The lowest BCUT2D eigenvalue weighted by molar-refractivity contribution is 0.204. The smallest absolute Gasteiger partial charge is 0.170 e. The van der Waals surface area contributed by atoms with Gasteiger partial charge >= 0.3 is 0 Å². The fourth-order valence-electron chi connectivity index (χ4n) is 1.01. The second-order valence-corrected chi connectivity index (χ2v) is 3.30. The van der Waals surface area contributed by atoms with Crippen molar-refractivity contribution in [2.24, 2.45) is 0 Å². The van der Waals surface area contributed by atoms with E-state index in [1.165, 1.54) is 0 Å². The highest BCUT2D eigenvalue weighted by molar-refractivity contribution is 7.80. The van der Waals surface area contributed by atoms with Crippen LogP contribution in [0.2, 0.25) is 0 Å². The zero-order chi connectivity index (χ0) is 11.1. The molecule has 82 valence electrons. The molecule has 0 fully saturated rings. The summed E-state index contributed by atoms with van der Waals surface area (Å²) in [7, 11) is 1.63. The van der Waals surface area contributed by atoms with Gasteiger partial charge in [-0.2, -0.15) is 0 Å². The molecule has 0 aromatic heterocycles. The summed E-state index contributed by atoms with van der Waals surface area (Å²) in [6, 6.07) is 6.92. The van der Waals surface area contributed by atoms with E-state index in [0.29, 0.717) is 24.0 Å². The molecule has 0 heterocycles. The maximum atomic E-state index is 9.46. The van der Waals surface area contributed by atoms with E-state index in [-0.39, 0.29) is 5.75 Å². The minimum Gasteiger partial charge on any atom is -0.506 e. The van der Waals surface area contributed by atoms with Crippen LogP contribution in [0.1, 0.15) is 0 Å². The van der Waals surface area contributed by atoms with Crippen LogP contribution in [0.15, 0.2) is 24.3 Å². The molecule has 15 heavy (non-hydrogen) atoms. The van der Waals surface area contributed by atoms with Gasteiger partial charge in [0.2, 0.25) is 0 Å². The number of para-hydroxylation sites is 2. The Hall–Kier alpha value is -1.33. The van der Waals surface area contributed by atoms with Gasteiger partial charge in [0.05, 0.1) is 12.3 Å². The largest absolute Gasteiger partial charge is 0.506 e. The zero-order valence-corrected chi connectivity index (χ0v) is 9.30. The molecule has 0 unspecified atom stereocenters. The van der Waals surface area contributed by atoms with E-state index in [1.807, 2.05) is 6.07 Å². The monoisotopic (exact) mass is 226 g/mol. The van der Waals surface area contributed by atoms with Gasteiger partial charge in [-0.3, -0.25) is 0 Å². The lowest BCUT2D eigenvalue weighted by atomic mass is 10.3. The number of benzene rings is 1. The quantitative estimate of drug-likeness (QED) is 0.411. The minimum absolute atomic E-state index is 0.174. The van der Waals surface area contributed by atoms with Gasteiger partial charge in [-0.05, 0) is 24.4 Å². The van der Waals surface area contributed by atoms with E-state index < -0.39 is 0 Å². The fraction of sp³-hybridized carbons (Fsp3) is 0.300. The third-order valence-corrected chi connectivity index (χ3v) is 1.99. The molecule has 0 saturated heterocycles. The van der Waals surface area contributed by atoms with Crippen LogP contribution < -0.4 is 10.6 Å². The van der Waals surface area contributed by atoms with Crippen LogP contribution in [-0.4, -0.2) is 30.5 Å². The normalized spacial score (nSPS) is 9.67. The second kappa shape index (κ2) is 6.21. The number of nitrogens with one attached hydrogen (secondary N) is 2. The number of rotatable bonds is 4. The maximum absolute atomic E-state index is 9.46. The number of hydrogen-bond acceptors (Lipinski definition) is 3. The van der Waals surface area contributed by atoms with E-state index >= 15 is 0 Å². The number of ether oxygens (including phenoxy) is 1. The third kappa shape index (κ3) is 4.14. The first-order chi connectivity index (χ1) is 7.24.